The first kappa shape index (κ1) is 25.9. The van der Waals surface area contributed by atoms with E-state index in [0.29, 0.717) is 25.4 Å². The maximum atomic E-state index is 12.3. The number of hydrogen-bond donors (Lipinski definition) is 1. The Hall–Kier alpha value is -2.17. The number of ether oxygens (including phenoxy) is 1. The summed E-state index contributed by atoms with van der Waals surface area (Å²) in [5, 5.41) is 4.26. The summed E-state index contributed by atoms with van der Waals surface area (Å²) in [6.07, 6.45) is 3.97. The predicted octanol–water partition coefficient (Wildman–Crippen LogP) is 5.76. The number of hydrogen-bond acceptors (Lipinski definition) is 4. The molecule has 1 N–H and O–H groups in total. The van der Waals surface area contributed by atoms with Gasteiger partial charge in [0.25, 0.3) is 0 Å². The summed E-state index contributed by atoms with van der Waals surface area (Å²) in [7, 11) is 0. The largest absolute Gasteiger partial charge is 0.494 e. The summed E-state index contributed by atoms with van der Waals surface area (Å²) in [5.74, 6) is 1.54. The second-order valence-electron chi connectivity index (χ2n) is 9.18. The molecule has 5 heteroatoms. The predicted molar refractivity (Wildman–Crippen MR) is 124 cm³/mol. The molecule has 30 heavy (non-hydrogen) atoms. The van der Waals surface area contributed by atoms with Crippen molar-refractivity contribution in [1.29, 1.82) is 0 Å². The Kier molecular flexibility index (Phi) is 10.8. The molecule has 0 aliphatic heterocycles. The minimum Gasteiger partial charge on any atom is -0.494 e. The molecule has 5 nitrogen and oxygen atoms in total. The van der Waals surface area contributed by atoms with Crippen LogP contribution in [-0.2, 0) is 9.59 Å². The Morgan fingerprint density at radius 2 is 1.77 bits per heavy atom. The minimum atomic E-state index is -0.0572. The number of nitrogens with one attached hydrogen (secondary N) is 1. The highest BCUT2D eigenvalue weighted by atomic mass is 16.5. The zero-order valence-electron chi connectivity index (χ0n) is 19.9. The van der Waals surface area contributed by atoms with Crippen molar-refractivity contribution in [2.75, 3.05) is 6.61 Å². The van der Waals surface area contributed by atoms with E-state index in [2.05, 4.69) is 38.2 Å². The van der Waals surface area contributed by atoms with Gasteiger partial charge < -0.3 is 4.74 Å². The second kappa shape index (κ2) is 12.5. The van der Waals surface area contributed by atoms with E-state index in [0.717, 1.165) is 36.3 Å². The molecule has 0 radical (unpaired) electrons. The molecule has 1 rings (SSSR count). The SMILES string of the molecule is CCCC(C)C(C)(C)CC(=O)N/N=C(\C)c1ccc(OCCCC(=O)C(C)C)cc1. The van der Waals surface area contributed by atoms with Gasteiger partial charge in [0.05, 0.1) is 12.3 Å². The van der Waals surface area contributed by atoms with E-state index >= 15 is 0 Å². The molecule has 0 spiro atoms. The normalized spacial score (nSPS) is 13.3. The summed E-state index contributed by atoms with van der Waals surface area (Å²) < 4.78 is 5.70. The molecule has 1 unspecified atom stereocenters. The Balaban J connectivity index is 2.51. The Labute approximate surface area is 182 Å². The van der Waals surface area contributed by atoms with Crippen LogP contribution in [0.3, 0.4) is 0 Å². The topological polar surface area (TPSA) is 67.8 Å². The van der Waals surface area contributed by atoms with Crippen molar-refractivity contribution in [2.45, 2.75) is 80.6 Å². The lowest BCUT2D eigenvalue weighted by Crippen LogP contribution is -2.30. The van der Waals surface area contributed by atoms with Gasteiger partial charge in [-0.1, -0.05) is 54.4 Å². The van der Waals surface area contributed by atoms with E-state index in [-0.39, 0.29) is 23.0 Å². The summed E-state index contributed by atoms with van der Waals surface area (Å²) in [6.45, 7) is 14.9. The quantitative estimate of drug-likeness (QED) is 0.252. The van der Waals surface area contributed by atoms with Gasteiger partial charge in [-0.05, 0) is 54.5 Å². The van der Waals surface area contributed by atoms with Gasteiger partial charge in [-0.15, -0.1) is 0 Å². The third-order valence-corrected chi connectivity index (χ3v) is 5.77. The number of benzene rings is 1. The number of carbonyl (C=O) groups excluding carboxylic acids is 2. The first-order valence-electron chi connectivity index (χ1n) is 11.2. The number of nitrogens with zero attached hydrogens (tertiary/aromatic N) is 1. The number of ketones is 1. The zero-order chi connectivity index (χ0) is 22.7. The molecule has 0 bridgehead atoms. The van der Waals surface area contributed by atoms with Crippen molar-refractivity contribution >= 4 is 17.4 Å². The van der Waals surface area contributed by atoms with Crippen LogP contribution >= 0.6 is 0 Å². The first-order valence-corrected chi connectivity index (χ1v) is 11.2. The standard InChI is InChI=1S/C25H40N2O3/c1-8-10-19(4)25(6,7)17-24(29)27-26-20(5)21-12-14-22(15-13-21)30-16-9-11-23(28)18(2)3/h12-15,18-19H,8-11,16-17H2,1-7H3,(H,27,29)/b26-20+. The highest BCUT2D eigenvalue weighted by Gasteiger charge is 2.28. The van der Waals surface area contributed by atoms with E-state index in [1.54, 1.807) is 0 Å². The van der Waals surface area contributed by atoms with E-state index in [1.165, 1.54) is 0 Å². The van der Waals surface area contributed by atoms with Gasteiger partial charge in [0.15, 0.2) is 0 Å². The minimum absolute atomic E-state index is 0.0533. The second-order valence-corrected chi connectivity index (χ2v) is 9.18. The lowest BCUT2D eigenvalue weighted by Gasteiger charge is -2.30. The number of carbonyl (C=O) groups is 2. The molecule has 1 atom stereocenters. The Morgan fingerprint density at radius 3 is 2.33 bits per heavy atom. The van der Waals surface area contributed by atoms with Gasteiger partial charge in [0.2, 0.25) is 5.91 Å². The van der Waals surface area contributed by atoms with Crippen LogP contribution in [0.5, 0.6) is 5.75 Å². The van der Waals surface area contributed by atoms with Crippen LogP contribution in [-0.4, -0.2) is 24.0 Å². The third kappa shape index (κ3) is 9.10. The molecule has 1 aromatic carbocycles. The van der Waals surface area contributed by atoms with Crippen LogP contribution in [0.4, 0.5) is 0 Å². The summed E-state index contributed by atoms with van der Waals surface area (Å²) in [4.78, 5) is 24.0. The fourth-order valence-corrected chi connectivity index (χ4v) is 3.18. The molecule has 1 aromatic rings. The van der Waals surface area contributed by atoms with E-state index in [1.807, 2.05) is 45.0 Å². The van der Waals surface area contributed by atoms with Crippen molar-refractivity contribution in [3.8, 4) is 5.75 Å². The molecule has 0 aliphatic carbocycles. The van der Waals surface area contributed by atoms with Gasteiger partial charge >= 0.3 is 0 Å². The molecular weight excluding hydrogens is 376 g/mol. The smallest absolute Gasteiger partial charge is 0.240 e. The molecule has 168 valence electrons. The number of Topliss-reactive ketones (excluding diaryl/α,β-unsaturated/α-hetero) is 1. The van der Waals surface area contributed by atoms with Crippen LogP contribution in [0.25, 0.3) is 0 Å². The lowest BCUT2D eigenvalue weighted by atomic mass is 9.75. The van der Waals surface area contributed by atoms with Gasteiger partial charge in [0.1, 0.15) is 11.5 Å². The monoisotopic (exact) mass is 416 g/mol. The third-order valence-electron chi connectivity index (χ3n) is 5.77. The van der Waals surface area contributed by atoms with Gasteiger partial charge in [0, 0.05) is 18.8 Å². The van der Waals surface area contributed by atoms with Crippen LogP contribution in [0.15, 0.2) is 29.4 Å². The van der Waals surface area contributed by atoms with E-state index in [4.69, 9.17) is 4.74 Å². The van der Waals surface area contributed by atoms with E-state index < -0.39 is 0 Å². The number of hydrazone groups is 1. The van der Waals surface area contributed by atoms with Gasteiger partial charge in [-0.25, -0.2) is 5.43 Å². The fourth-order valence-electron chi connectivity index (χ4n) is 3.18. The molecule has 0 saturated carbocycles. The lowest BCUT2D eigenvalue weighted by molar-refractivity contribution is -0.124. The van der Waals surface area contributed by atoms with Gasteiger partial charge in [-0.2, -0.15) is 5.10 Å². The first-order chi connectivity index (χ1) is 14.1. The van der Waals surface area contributed by atoms with Crippen molar-refractivity contribution in [1.82, 2.24) is 5.43 Å². The van der Waals surface area contributed by atoms with Crippen LogP contribution < -0.4 is 10.2 Å². The molecule has 0 heterocycles. The highest BCUT2D eigenvalue weighted by molar-refractivity contribution is 5.99. The number of rotatable bonds is 13. The van der Waals surface area contributed by atoms with Crippen molar-refractivity contribution in [2.24, 2.45) is 22.4 Å². The molecule has 0 saturated heterocycles. The Bertz CT molecular complexity index is 706. The van der Waals surface area contributed by atoms with Crippen LogP contribution in [0, 0.1) is 17.3 Å². The van der Waals surface area contributed by atoms with Gasteiger partial charge in [-0.3, -0.25) is 9.59 Å². The molecule has 1 amide bonds. The van der Waals surface area contributed by atoms with Crippen molar-refractivity contribution in [3.63, 3.8) is 0 Å². The van der Waals surface area contributed by atoms with Crippen LogP contribution in [0.2, 0.25) is 0 Å². The summed E-state index contributed by atoms with van der Waals surface area (Å²) >= 11 is 0. The molecule has 0 fully saturated rings. The van der Waals surface area contributed by atoms with Crippen molar-refractivity contribution < 1.29 is 14.3 Å². The molecule has 0 aliphatic rings. The maximum absolute atomic E-state index is 12.3. The average molecular weight is 417 g/mol. The average Bonchev–Trinajstić information content (AvgIpc) is 2.69. The van der Waals surface area contributed by atoms with Crippen molar-refractivity contribution in [3.05, 3.63) is 29.8 Å². The molecular formula is C25H40N2O3. The maximum Gasteiger partial charge on any atom is 0.240 e. The van der Waals surface area contributed by atoms with Crippen LogP contribution in [0.1, 0.15) is 86.1 Å². The fraction of sp³-hybridized carbons (Fsp3) is 0.640. The summed E-state index contributed by atoms with van der Waals surface area (Å²) in [5.41, 5.74) is 4.32. The number of amides is 1. The zero-order valence-corrected chi connectivity index (χ0v) is 19.9. The summed E-state index contributed by atoms with van der Waals surface area (Å²) in [6, 6.07) is 7.62. The highest BCUT2D eigenvalue weighted by Crippen LogP contribution is 2.33. The Morgan fingerprint density at radius 1 is 1.13 bits per heavy atom. The molecule has 0 aromatic heterocycles. The van der Waals surface area contributed by atoms with E-state index in [9.17, 15) is 9.59 Å².